The maximum Gasteiger partial charge on any atom is 0.337 e. The van der Waals surface area contributed by atoms with Gasteiger partial charge in [-0.05, 0) is 177 Å². The molecular formula is C78H96Cl2N2O9. The number of nitrogens with zero attached hydrogens (tertiary/aromatic N) is 2. The number of benzene rings is 8. The van der Waals surface area contributed by atoms with Crippen molar-refractivity contribution < 1.29 is 39.0 Å². The molecule has 0 aliphatic carbocycles. The summed E-state index contributed by atoms with van der Waals surface area (Å²) in [6.07, 6.45) is 0. The molecule has 2 N–H and O–H groups in total. The van der Waals surface area contributed by atoms with E-state index in [0.717, 1.165) is 38.0 Å². The molecule has 0 radical (unpaired) electrons. The zero-order chi connectivity index (χ0) is 68.9. The van der Waals surface area contributed by atoms with E-state index in [9.17, 15) is 24.5 Å². The Morgan fingerprint density at radius 3 is 1.08 bits per heavy atom. The average molecular weight is 1280 g/mol. The molecule has 0 atom stereocenters. The average Bonchev–Trinajstić information content (AvgIpc) is 3.65. The first-order chi connectivity index (χ1) is 42.8. The first kappa shape index (κ1) is 80.5. The maximum absolute atomic E-state index is 11.2. The van der Waals surface area contributed by atoms with Crippen molar-refractivity contribution in [2.24, 2.45) is 0 Å². The van der Waals surface area contributed by atoms with Gasteiger partial charge in [0.05, 0.1) is 47.5 Å². The lowest BCUT2D eigenvalue weighted by Gasteiger charge is -2.06. The van der Waals surface area contributed by atoms with Gasteiger partial charge in [-0.15, -0.1) is 0 Å². The van der Waals surface area contributed by atoms with E-state index in [0.29, 0.717) is 64.0 Å². The summed E-state index contributed by atoms with van der Waals surface area (Å²) < 4.78 is 9.68. The van der Waals surface area contributed by atoms with E-state index in [1.165, 1.54) is 41.0 Å². The molecule has 486 valence electrons. The number of halogens is 2. The fourth-order valence-electron chi connectivity index (χ4n) is 7.83. The van der Waals surface area contributed by atoms with E-state index in [1.54, 1.807) is 55.6 Å². The molecule has 0 fully saturated rings. The van der Waals surface area contributed by atoms with Crippen LogP contribution in [0.15, 0.2) is 194 Å². The van der Waals surface area contributed by atoms with Crippen LogP contribution in [0.2, 0.25) is 10.0 Å². The van der Waals surface area contributed by atoms with Crippen molar-refractivity contribution in [1.82, 2.24) is 0 Å². The van der Waals surface area contributed by atoms with Crippen LogP contribution in [0.5, 0.6) is 5.75 Å². The molecule has 0 heterocycles. The zero-order valence-electron chi connectivity index (χ0n) is 56.5. The van der Waals surface area contributed by atoms with Crippen molar-refractivity contribution in [3.05, 3.63) is 281 Å². The summed E-state index contributed by atoms with van der Waals surface area (Å²) in [5, 5.41) is 37.8. The Labute approximate surface area is 553 Å². The van der Waals surface area contributed by atoms with E-state index >= 15 is 0 Å². The van der Waals surface area contributed by atoms with Gasteiger partial charge in [0, 0.05) is 22.2 Å². The molecule has 0 unspecified atom stereocenters. The van der Waals surface area contributed by atoms with Crippen molar-refractivity contribution in [3.8, 4) is 11.8 Å². The standard InChI is InChI=1S/C11H14O2.C10H11N.2C10H12O2.C10H14O.2C9H11Cl.C9H11NO2/c1-8(2)9-5-4-6-10(7-9)11(12)13-3;1-8(2)10-5-3-9(7-11)4-6-10;1-7(2)8-3-5-9(6-4-8)10(11)12;1-7(2)8-4-3-5-9(6-8)10(11)12;1-8(2)9-4-6-10(11-3)7-5-9;1-7(2)8-3-5-9(10)6-4-8;1-7(2)8-4-3-5-9(10)6-8;1-7(2)8-4-3-5-9(6-8)10(11)12/h4-8H,1-3H3;3-6,8H,1-2H3;2*3-7H,1-2H3,(H,11,12);4-8H,1-3H3;2*3-7H,1-2H3;3-7H,1-2H3. The molecule has 8 aromatic rings. The second-order valence-electron chi connectivity index (χ2n) is 23.7. The van der Waals surface area contributed by atoms with Gasteiger partial charge in [0.2, 0.25) is 0 Å². The van der Waals surface area contributed by atoms with Crippen molar-refractivity contribution in [1.29, 1.82) is 5.26 Å². The van der Waals surface area contributed by atoms with Crippen molar-refractivity contribution >= 4 is 46.8 Å². The second-order valence-corrected chi connectivity index (χ2v) is 24.6. The molecule has 0 saturated heterocycles. The maximum atomic E-state index is 11.2. The largest absolute Gasteiger partial charge is 0.497 e. The van der Waals surface area contributed by atoms with Crippen LogP contribution in [0, 0.1) is 21.4 Å². The highest BCUT2D eigenvalue weighted by atomic mass is 35.5. The number of carboxylic acid groups (broad SMARTS) is 2. The molecule has 91 heavy (non-hydrogen) atoms. The Morgan fingerprint density at radius 2 is 0.736 bits per heavy atom. The highest BCUT2D eigenvalue weighted by Gasteiger charge is 2.10. The quantitative estimate of drug-likeness (QED) is 0.0641. The van der Waals surface area contributed by atoms with Gasteiger partial charge in [-0.3, -0.25) is 10.1 Å². The molecule has 0 aromatic heterocycles. The Morgan fingerprint density at radius 1 is 0.407 bits per heavy atom. The summed E-state index contributed by atoms with van der Waals surface area (Å²) >= 11 is 11.5. The van der Waals surface area contributed by atoms with Crippen LogP contribution in [-0.2, 0) is 4.74 Å². The number of carboxylic acids is 2. The predicted octanol–water partition coefficient (Wildman–Crippen LogP) is 22.8. The number of non-ortho nitro benzene ring substituents is 1. The smallest absolute Gasteiger partial charge is 0.337 e. The van der Waals surface area contributed by atoms with Crippen LogP contribution in [0.4, 0.5) is 5.69 Å². The molecule has 8 rings (SSSR count). The molecule has 0 amide bonds. The number of nitro groups is 1. The fourth-order valence-corrected chi connectivity index (χ4v) is 8.15. The number of esters is 1. The number of nitriles is 1. The van der Waals surface area contributed by atoms with Crippen LogP contribution < -0.4 is 4.74 Å². The van der Waals surface area contributed by atoms with Crippen LogP contribution >= 0.6 is 23.2 Å². The molecule has 0 saturated carbocycles. The number of nitro benzene ring substituents is 1. The Balaban J connectivity index is 0.000000521. The van der Waals surface area contributed by atoms with Crippen LogP contribution in [0.25, 0.3) is 0 Å². The minimum Gasteiger partial charge on any atom is -0.497 e. The predicted molar refractivity (Wildman–Crippen MR) is 377 cm³/mol. The molecular weight excluding hydrogens is 1180 g/mol. The van der Waals surface area contributed by atoms with E-state index in [1.807, 2.05) is 137 Å². The van der Waals surface area contributed by atoms with E-state index in [-0.39, 0.29) is 16.6 Å². The fraction of sp³-hybridized carbons (Fsp3) is 0.333. The molecule has 11 nitrogen and oxygen atoms in total. The van der Waals surface area contributed by atoms with Crippen molar-refractivity contribution in [3.63, 3.8) is 0 Å². The number of aromatic carboxylic acids is 2. The SMILES string of the molecule is CC(C)c1ccc(C#N)cc1.CC(C)c1ccc(C(=O)O)cc1.CC(C)c1ccc(Cl)cc1.CC(C)c1cccc(C(=O)O)c1.CC(C)c1cccc(Cl)c1.CC(C)c1cccc([N+](=O)[O-])c1.COC(=O)c1cccc(C(C)C)c1.COc1ccc(C(C)C)cc1. The van der Waals surface area contributed by atoms with Crippen LogP contribution in [-0.4, -0.2) is 47.3 Å². The van der Waals surface area contributed by atoms with Crippen molar-refractivity contribution in [2.75, 3.05) is 14.2 Å². The second kappa shape index (κ2) is 43.2. The van der Waals surface area contributed by atoms with E-state index in [2.05, 4.69) is 124 Å². The van der Waals surface area contributed by atoms with Gasteiger partial charge in [0.1, 0.15) is 5.75 Å². The molecule has 0 aliphatic rings. The van der Waals surface area contributed by atoms with Crippen LogP contribution in [0.1, 0.15) is 239 Å². The highest BCUT2D eigenvalue weighted by Crippen LogP contribution is 2.23. The minimum atomic E-state index is -0.870. The summed E-state index contributed by atoms with van der Waals surface area (Å²) in [4.78, 5) is 42.2. The Bertz CT molecular complexity index is 3380. The highest BCUT2D eigenvalue weighted by molar-refractivity contribution is 6.30. The number of carbonyl (C=O) groups is 3. The lowest BCUT2D eigenvalue weighted by Crippen LogP contribution is -2.01. The van der Waals surface area contributed by atoms with Crippen molar-refractivity contribution in [2.45, 2.75) is 158 Å². The molecule has 0 spiro atoms. The van der Waals surface area contributed by atoms with Gasteiger partial charge in [-0.1, -0.05) is 231 Å². The first-order valence-electron chi connectivity index (χ1n) is 30.6. The molecule has 0 aliphatic heterocycles. The molecule has 0 bridgehead atoms. The van der Waals surface area contributed by atoms with E-state index in [4.69, 9.17) is 43.4 Å². The number of ether oxygens (including phenoxy) is 2. The summed E-state index contributed by atoms with van der Waals surface area (Å²) in [6, 6.07) is 62.2. The third-order valence-corrected chi connectivity index (χ3v) is 14.4. The minimum absolute atomic E-state index is 0.168. The van der Waals surface area contributed by atoms with Gasteiger partial charge < -0.3 is 19.7 Å². The third kappa shape index (κ3) is 32.7. The number of hydrogen-bond acceptors (Lipinski definition) is 8. The monoisotopic (exact) mass is 1270 g/mol. The zero-order valence-corrected chi connectivity index (χ0v) is 58.0. The number of rotatable bonds is 13. The summed E-state index contributed by atoms with van der Waals surface area (Å²) in [5.41, 5.74) is 11.9. The number of methoxy groups -OCH3 is 2. The summed E-state index contributed by atoms with van der Waals surface area (Å²) in [5.74, 6) is 2.82. The topological polar surface area (TPSA) is 177 Å². The number of hydrogen-bond donors (Lipinski definition) is 2. The van der Waals surface area contributed by atoms with Gasteiger partial charge in [0.15, 0.2) is 0 Å². The van der Waals surface area contributed by atoms with Gasteiger partial charge in [-0.2, -0.15) is 5.26 Å². The third-order valence-electron chi connectivity index (χ3n) is 13.9. The molecule has 13 heteroatoms. The molecule has 8 aromatic carbocycles. The van der Waals surface area contributed by atoms with Gasteiger partial charge >= 0.3 is 17.9 Å². The Hall–Kier alpha value is -8.56. The van der Waals surface area contributed by atoms with Gasteiger partial charge in [-0.25, -0.2) is 14.4 Å². The van der Waals surface area contributed by atoms with Crippen LogP contribution in [0.3, 0.4) is 0 Å². The Kier molecular flexibility index (Phi) is 38.2. The van der Waals surface area contributed by atoms with E-state index < -0.39 is 11.9 Å². The summed E-state index contributed by atoms with van der Waals surface area (Å²) in [7, 11) is 3.08. The first-order valence-corrected chi connectivity index (χ1v) is 31.3. The van der Waals surface area contributed by atoms with Gasteiger partial charge in [0.25, 0.3) is 5.69 Å². The summed E-state index contributed by atoms with van der Waals surface area (Å²) in [6.45, 7) is 33.8. The lowest BCUT2D eigenvalue weighted by molar-refractivity contribution is -0.384. The normalized spacial score (nSPS) is 10.2. The lowest BCUT2D eigenvalue weighted by atomic mass is 10.0. The number of carbonyl (C=O) groups excluding carboxylic acids is 1.